The van der Waals surface area contributed by atoms with E-state index in [1.807, 2.05) is 24.3 Å². The van der Waals surface area contributed by atoms with Gasteiger partial charge in [0.25, 0.3) is 0 Å². The first-order chi connectivity index (χ1) is 8.79. The number of aryl methyl sites for hydroxylation is 1. The standard InChI is InChI=1S/C15H15ClN2/c1-2-12-7-9-13(10-8-12)11-17-18-15-6-4-3-5-14(15)16/h3-11,18H,2H2,1H3/b17-11-. The molecule has 0 unspecified atom stereocenters. The summed E-state index contributed by atoms with van der Waals surface area (Å²) in [6, 6.07) is 15.8. The maximum atomic E-state index is 6.01. The molecule has 18 heavy (non-hydrogen) atoms. The van der Waals surface area contributed by atoms with Crippen LogP contribution in [0.5, 0.6) is 0 Å². The zero-order chi connectivity index (χ0) is 12.8. The molecule has 0 spiro atoms. The number of halogens is 1. The fourth-order valence-corrected chi connectivity index (χ4v) is 1.75. The quantitative estimate of drug-likeness (QED) is 0.640. The van der Waals surface area contributed by atoms with E-state index in [4.69, 9.17) is 11.6 Å². The maximum Gasteiger partial charge on any atom is 0.0748 e. The fraction of sp³-hybridized carbons (Fsp3) is 0.133. The van der Waals surface area contributed by atoms with E-state index < -0.39 is 0 Å². The molecule has 0 atom stereocenters. The van der Waals surface area contributed by atoms with E-state index in [0.717, 1.165) is 17.7 Å². The Labute approximate surface area is 112 Å². The molecule has 92 valence electrons. The number of nitrogens with zero attached hydrogens (tertiary/aromatic N) is 1. The van der Waals surface area contributed by atoms with Gasteiger partial charge in [-0.05, 0) is 29.7 Å². The molecule has 0 aliphatic heterocycles. The largest absolute Gasteiger partial charge is 0.277 e. The molecule has 2 rings (SSSR count). The number of para-hydroxylation sites is 1. The van der Waals surface area contributed by atoms with Crippen LogP contribution >= 0.6 is 11.6 Å². The van der Waals surface area contributed by atoms with Crippen LogP contribution in [0.15, 0.2) is 53.6 Å². The molecule has 0 aromatic heterocycles. The van der Waals surface area contributed by atoms with Crippen LogP contribution in [-0.4, -0.2) is 6.21 Å². The third kappa shape index (κ3) is 3.34. The van der Waals surface area contributed by atoms with Crippen molar-refractivity contribution in [1.29, 1.82) is 0 Å². The lowest BCUT2D eigenvalue weighted by Crippen LogP contribution is -1.91. The molecule has 0 bridgehead atoms. The Kier molecular flexibility index (Phi) is 4.37. The lowest BCUT2D eigenvalue weighted by atomic mass is 10.1. The van der Waals surface area contributed by atoms with Crippen molar-refractivity contribution in [1.82, 2.24) is 0 Å². The summed E-state index contributed by atoms with van der Waals surface area (Å²) in [5, 5.41) is 4.83. The van der Waals surface area contributed by atoms with Gasteiger partial charge in [0.15, 0.2) is 0 Å². The molecule has 0 radical (unpaired) electrons. The van der Waals surface area contributed by atoms with Crippen molar-refractivity contribution in [2.24, 2.45) is 5.10 Å². The van der Waals surface area contributed by atoms with Crippen LogP contribution in [0.3, 0.4) is 0 Å². The lowest BCUT2D eigenvalue weighted by molar-refractivity contribution is 1.14. The van der Waals surface area contributed by atoms with Crippen LogP contribution in [0.25, 0.3) is 0 Å². The highest BCUT2D eigenvalue weighted by molar-refractivity contribution is 6.33. The van der Waals surface area contributed by atoms with Gasteiger partial charge in [-0.3, -0.25) is 5.43 Å². The highest BCUT2D eigenvalue weighted by Gasteiger charge is 1.95. The minimum Gasteiger partial charge on any atom is -0.277 e. The van der Waals surface area contributed by atoms with E-state index in [2.05, 4.69) is 41.7 Å². The lowest BCUT2D eigenvalue weighted by Gasteiger charge is -2.02. The Morgan fingerprint density at radius 3 is 2.50 bits per heavy atom. The van der Waals surface area contributed by atoms with Gasteiger partial charge in [0.2, 0.25) is 0 Å². The second kappa shape index (κ2) is 6.22. The number of benzene rings is 2. The van der Waals surface area contributed by atoms with Crippen LogP contribution in [0, 0.1) is 0 Å². The first-order valence-electron chi connectivity index (χ1n) is 5.92. The van der Waals surface area contributed by atoms with Gasteiger partial charge in [0, 0.05) is 0 Å². The van der Waals surface area contributed by atoms with Crippen molar-refractivity contribution in [2.45, 2.75) is 13.3 Å². The van der Waals surface area contributed by atoms with Gasteiger partial charge in [-0.2, -0.15) is 5.10 Å². The van der Waals surface area contributed by atoms with E-state index in [1.165, 1.54) is 5.56 Å². The van der Waals surface area contributed by atoms with Crippen LogP contribution < -0.4 is 5.43 Å². The summed E-state index contributed by atoms with van der Waals surface area (Å²) in [4.78, 5) is 0. The molecule has 0 fully saturated rings. The third-order valence-corrected chi connectivity index (χ3v) is 2.99. The van der Waals surface area contributed by atoms with Crippen molar-refractivity contribution >= 4 is 23.5 Å². The molecule has 1 N–H and O–H groups in total. The molecule has 2 aromatic carbocycles. The van der Waals surface area contributed by atoms with Gasteiger partial charge >= 0.3 is 0 Å². The topological polar surface area (TPSA) is 24.4 Å². The number of rotatable bonds is 4. The molecule has 2 nitrogen and oxygen atoms in total. The van der Waals surface area contributed by atoms with E-state index >= 15 is 0 Å². The minimum atomic E-state index is 0.663. The Bertz CT molecular complexity index is 532. The average Bonchev–Trinajstić information content (AvgIpc) is 2.42. The Hall–Kier alpha value is -1.80. The Morgan fingerprint density at radius 2 is 1.83 bits per heavy atom. The normalized spacial score (nSPS) is 10.8. The molecule has 0 amide bonds. The van der Waals surface area contributed by atoms with Gasteiger partial charge < -0.3 is 0 Å². The second-order valence-corrected chi connectivity index (χ2v) is 4.35. The number of hydrogen-bond donors (Lipinski definition) is 1. The fourth-order valence-electron chi connectivity index (χ4n) is 1.57. The number of hydrogen-bond acceptors (Lipinski definition) is 2. The predicted molar refractivity (Wildman–Crippen MR) is 78.5 cm³/mol. The van der Waals surface area contributed by atoms with Gasteiger partial charge in [-0.1, -0.05) is 54.9 Å². The van der Waals surface area contributed by atoms with E-state index in [9.17, 15) is 0 Å². The minimum absolute atomic E-state index is 0.663. The highest BCUT2D eigenvalue weighted by Crippen LogP contribution is 2.20. The van der Waals surface area contributed by atoms with E-state index in [1.54, 1.807) is 6.21 Å². The van der Waals surface area contributed by atoms with E-state index in [0.29, 0.717) is 5.02 Å². The zero-order valence-corrected chi connectivity index (χ0v) is 11.0. The van der Waals surface area contributed by atoms with Crippen LogP contribution in [0.4, 0.5) is 5.69 Å². The number of hydrazone groups is 1. The summed E-state index contributed by atoms with van der Waals surface area (Å²) < 4.78 is 0. The summed E-state index contributed by atoms with van der Waals surface area (Å²) in [6.07, 6.45) is 2.83. The van der Waals surface area contributed by atoms with Crippen molar-refractivity contribution in [3.63, 3.8) is 0 Å². The summed E-state index contributed by atoms with van der Waals surface area (Å²) in [5.41, 5.74) is 6.12. The first-order valence-corrected chi connectivity index (χ1v) is 6.30. The summed E-state index contributed by atoms with van der Waals surface area (Å²) in [5.74, 6) is 0. The molecule has 0 saturated heterocycles. The smallest absolute Gasteiger partial charge is 0.0748 e. The van der Waals surface area contributed by atoms with Crippen molar-refractivity contribution < 1.29 is 0 Å². The molecular formula is C15H15ClN2. The Balaban J connectivity index is 2.01. The van der Waals surface area contributed by atoms with Crippen LogP contribution in [0.2, 0.25) is 5.02 Å². The zero-order valence-electron chi connectivity index (χ0n) is 10.2. The molecule has 0 saturated carbocycles. The average molecular weight is 259 g/mol. The SMILES string of the molecule is CCc1ccc(/C=N\Nc2ccccc2Cl)cc1. The molecule has 2 aromatic rings. The molecule has 0 heterocycles. The summed E-state index contributed by atoms with van der Waals surface area (Å²) in [6.45, 7) is 2.14. The molecular weight excluding hydrogens is 244 g/mol. The summed E-state index contributed by atoms with van der Waals surface area (Å²) >= 11 is 6.01. The van der Waals surface area contributed by atoms with Crippen LogP contribution in [0.1, 0.15) is 18.1 Å². The Morgan fingerprint density at radius 1 is 1.11 bits per heavy atom. The summed E-state index contributed by atoms with van der Waals surface area (Å²) in [7, 11) is 0. The van der Waals surface area contributed by atoms with Crippen molar-refractivity contribution in [3.8, 4) is 0 Å². The van der Waals surface area contributed by atoms with Crippen LogP contribution in [-0.2, 0) is 6.42 Å². The van der Waals surface area contributed by atoms with E-state index in [-0.39, 0.29) is 0 Å². The molecule has 0 aliphatic rings. The molecule has 3 heteroatoms. The second-order valence-electron chi connectivity index (χ2n) is 3.94. The van der Waals surface area contributed by atoms with Crippen molar-refractivity contribution in [2.75, 3.05) is 5.43 Å². The molecule has 0 aliphatic carbocycles. The number of anilines is 1. The maximum absolute atomic E-state index is 6.01. The number of nitrogens with one attached hydrogen (secondary N) is 1. The monoisotopic (exact) mass is 258 g/mol. The van der Waals surface area contributed by atoms with Gasteiger partial charge in [0.1, 0.15) is 0 Å². The van der Waals surface area contributed by atoms with Gasteiger partial charge in [-0.15, -0.1) is 0 Å². The third-order valence-electron chi connectivity index (χ3n) is 2.66. The van der Waals surface area contributed by atoms with Gasteiger partial charge in [-0.25, -0.2) is 0 Å². The highest BCUT2D eigenvalue weighted by atomic mass is 35.5. The first kappa shape index (κ1) is 12.7. The van der Waals surface area contributed by atoms with Crippen molar-refractivity contribution in [3.05, 3.63) is 64.7 Å². The predicted octanol–water partition coefficient (Wildman–Crippen LogP) is 4.35. The van der Waals surface area contributed by atoms with Gasteiger partial charge in [0.05, 0.1) is 16.9 Å².